The van der Waals surface area contributed by atoms with Crippen LogP contribution in [0.2, 0.25) is 0 Å². The van der Waals surface area contributed by atoms with E-state index in [9.17, 15) is 5.11 Å². The van der Waals surface area contributed by atoms with Crippen LogP contribution in [0, 0.1) is 5.92 Å². The van der Waals surface area contributed by atoms with Crippen LogP contribution < -0.4 is 10.1 Å². The molecule has 1 aromatic carbocycles. The lowest BCUT2D eigenvalue weighted by Gasteiger charge is -2.29. The zero-order valence-corrected chi connectivity index (χ0v) is 15.4. The van der Waals surface area contributed by atoms with Crippen LogP contribution in [-0.2, 0) is 6.42 Å². The van der Waals surface area contributed by atoms with Gasteiger partial charge in [0, 0.05) is 12.6 Å². The summed E-state index contributed by atoms with van der Waals surface area (Å²) >= 11 is 0. The van der Waals surface area contributed by atoms with Crippen LogP contribution in [0.25, 0.3) is 0 Å². The molecule has 1 fully saturated rings. The highest BCUT2D eigenvalue weighted by Gasteiger charge is 2.37. The van der Waals surface area contributed by atoms with Crippen molar-refractivity contribution < 1.29 is 9.84 Å². The Morgan fingerprint density at radius 3 is 2.75 bits per heavy atom. The van der Waals surface area contributed by atoms with Crippen molar-refractivity contribution in [2.24, 2.45) is 5.92 Å². The van der Waals surface area contributed by atoms with Gasteiger partial charge in [0.15, 0.2) is 0 Å². The van der Waals surface area contributed by atoms with Crippen molar-refractivity contribution in [1.29, 1.82) is 0 Å². The molecule has 0 aliphatic heterocycles. The van der Waals surface area contributed by atoms with Crippen LogP contribution in [0.5, 0.6) is 5.75 Å². The summed E-state index contributed by atoms with van der Waals surface area (Å²) < 4.78 is 5.62. The third-order valence-corrected chi connectivity index (χ3v) is 5.29. The average molecular weight is 332 g/mol. The first-order valence-corrected chi connectivity index (χ1v) is 9.32. The summed E-state index contributed by atoms with van der Waals surface area (Å²) in [5.41, 5.74) is 0.829. The first-order valence-electron chi connectivity index (χ1n) is 9.32. The molecule has 3 nitrogen and oxygen atoms in total. The third kappa shape index (κ3) is 5.64. The normalized spacial score (nSPS) is 25.2. The highest BCUT2D eigenvalue weighted by Crippen LogP contribution is 2.34. The van der Waals surface area contributed by atoms with Gasteiger partial charge in [-0.15, -0.1) is 0 Å². The number of benzene rings is 1. The molecule has 0 amide bonds. The van der Waals surface area contributed by atoms with E-state index < -0.39 is 5.60 Å². The molecule has 0 heterocycles. The molecule has 24 heavy (non-hydrogen) atoms. The Hall–Kier alpha value is -1.32. The fraction of sp³-hybridized carbons (Fsp3) is 0.619. The minimum absolute atomic E-state index is 0.410. The van der Waals surface area contributed by atoms with E-state index in [1.54, 1.807) is 0 Å². The van der Waals surface area contributed by atoms with Crippen LogP contribution in [0.4, 0.5) is 0 Å². The molecular weight excluding hydrogens is 298 g/mol. The second-order valence-corrected chi connectivity index (χ2v) is 7.24. The molecule has 2 rings (SSSR count). The second kappa shape index (κ2) is 9.24. The second-order valence-electron chi connectivity index (χ2n) is 7.24. The Kier molecular flexibility index (Phi) is 7.32. The van der Waals surface area contributed by atoms with Crippen LogP contribution in [-0.4, -0.2) is 29.9 Å². The SMILES string of the molecule is C/C=C/COc1ccc(CCC(C)NCC2(O)CCCC2C)cc1. The molecule has 1 aromatic rings. The Labute approximate surface area is 147 Å². The minimum Gasteiger partial charge on any atom is -0.490 e. The lowest BCUT2D eigenvalue weighted by molar-refractivity contribution is 0.00779. The van der Waals surface area contributed by atoms with Crippen LogP contribution in [0.15, 0.2) is 36.4 Å². The number of rotatable bonds is 9. The van der Waals surface area contributed by atoms with E-state index in [1.165, 1.54) is 5.56 Å². The molecule has 3 unspecified atom stereocenters. The monoisotopic (exact) mass is 331 g/mol. The number of hydrogen-bond acceptors (Lipinski definition) is 3. The molecule has 1 saturated carbocycles. The number of ether oxygens (including phenoxy) is 1. The smallest absolute Gasteiger partial charge is 0.119 e. The first-order chi connectivity index (χ1) is 11.5. The van der Waals surface area contributed by atoms with Crippen molar-refractivity contribution in [2.75, 3.05) is 13.2 Å². The summed E-state index contributed by atoms with van der Waals surface area (Å²) in [5.74, 6) is 1.33. The van der Waals surface area contributed by atoms with Gasteiger partial charge in [0.05, 0.1) is 5.60 Å². The van der Waals surface area contributed by atoms with Crippen molar-refractivity contribution >= 4 is 0 Å². The lowest BCUT2D eigenvalue weighted by Crippen LogP contribution is -2.45. The lowest BCUT2D eigenvalue weighted by atomic mass is 9.92. The van der Waals surface area contributed by atoms with Crippen LogP contribution in [0.3, 0.4) is 0 Å². The zero-order valence-electron chi connectivity index (χ0n) is 15.4. The van der Waals surface area contributed by atoms with E-state index in [1.807, 2.05) is 31.2 Å². The summed E-state index contributed by atoms with van der Waals surface area (Å²) in [6, 6.07) is 8.78. The number of allylic oxidation sites excluding steroid dienone is 1. The quantitative estimate of drug-likeness (QED) is 0.669. The van der Waals surface area contributed by atoms with Gasteiger partial charge in [-0.1, -0.05) is 37.6 Å². The van der Waals surface area contributed by atoms with Gasteiger partial charge in [-0.2, -0.15) is 0 Å². The summed E-state index contributed by atoms with van der Waals surface area (Å²) in [6.45, 7) is 7.70. The molecule has 3 heteroatoms. The average Bonchev–Trinajstić information content (AvgIpc) is 2.92. The van der Waals surface area contributed by atoms with E-state index in [2.05, 4.69) is 31.3 Å². The number of hydrogen-bond donors (Lipinski definition) is 2. The molecule has 1 aliphatic carbocycles. The van der Waals surface area contributed by atoms with Gasteiger partial charge in [-0.3, -0.25) is 0 Å². The van der Waals surface area contributed by atoms with Gasteiger partial charge in [-0.25, -0.2) is 0 Å². The van der Waals surface area contributed by atoms with Gasteiger partial charge < -0.3 is 15.2 Å². The van der Waals surface area contributed by atoms with Crippen molar-refractivity contribution in [2.45, 2.75) is 64.5 Å². The van der Waals surface area contributed by atoms with E-state index in [0.29, 0.717) is 25.1 Å². The van der Waals surface area contributed by atoms with Crippen molar-refractivity contribution in [3.8, 4) is 5.75 Å². The largest absolute Gasteiger partial charge is 0.490 e. The van der Waals surface area contributed by atoms with Gasteiger partial charge in [0.2, 0.25) is 0 Å². The molecule has 0 aromatic heterocycles. The number of nitrogens with one attached hydrogen (secondary N) is 1. The number of aryl methyl sites for hydroxylation is 1. The predicted molar refractivity (Wildman–Crippen MR) is 101 cm³/mol. The van der Waals surface area contributed by atoms with Crippen molar-refractivity contribution in [1.82, 2.24) is 5.32 Å². The van der Waals surface area contributed by atoms with Gasteiger partial charge in [0.1, 0.15) is 12.4 Å². The Bertz CT molecular complexity index is 511. The van der Waals surface area contributed by atoms with E-state index >= 15 is 0 Å². The maximum atomic E-state index is 10.6. The molecular formula is C21H33NO2. The Balaban J connectivity index is 1.70. The molecule has 0 saturated heterocycles. The topological polar surface area (TPSA) is 41.5 Å². The predicted octanol–water partition coefficient (Wildman–Crippen LogP) is 4.10. The maximum Gasteiger partial charge on any atom is 0.119 e. The molecule has 0 spiro atoms. The highest BCUT2D eigenvalue weighted by molar-refractivity contribution is 5.27. The van der Waals surface area contributed by atoms with Crippen LogP contribution in [0.1, 0.15) is 52.0 Å². The summed E-state index contributed by atoms with van der Waals surface area (Å²) in [5, 5.41) is 14.2. The fourth-order valence-corrected chi connectivity index (χ4v) is 3.32. The number of aliphatic hydroxyl groups is 1. The third-order valence-electron chi connectivity index (χ3n) is 5.29. The van der Waals surface area contributed by atoms with E-state index in [0.717, 1.165) is 37.9 Å². The Morgan fingerprint density at radius 2 is 2.12 bits per heavy atom. The summed E-state index contributed by atoms with van der Waals surface area (Å²) in [4.78, 5) is 0. The van der Waals surface area contributed by atoms with Crippen molar-refractivity contribution in [3.05, 3.63) is 42.0 Å². The molecule has 0 bridgehead atoms. The summed E-state index contributed by atoms with van der Waals surface area (Å²) in [6.07, 6.45) is 9.33. The maximum absolute atomic E-state index is 10.6. The fourth-order valence-electron chi connectivity index (χ4n) is 3.32. The molecule has 1 aliphatic rings. The van der Waals surface area contributed by atoms with Crippen LogP contribution >= 0.6 is 0 Å². The summed E-state index contributed by atoms with van der Waals surface area (Å²) in [7, 11) is 0. The molecule has 0 radical (unpaired) electrons. The molecule has 134 valence electrons. The molecule has 3 atom stereocenters. The van der Waals surface area contributed by atoms with E-state index in [4.69, 9.17) is 4.74 Å². The zero-order chi connectivity index (χ0) is 17.4. The molecule has 2 N–H and O–H groups in total. The van der Waals surface area contributed by atoms with Crippen molar-refractivity contribution in [3.63, 3.8) is 0 Å². The minimum atomic E-state index is -0.500. The van der Waals surface area contributed by atoms with E-state index in [-0.39, 0.29) is 0 Å². The van der Waals surface area contributed by atoms with Gasteiger partial charge in [0.25, 0.3) is 0 Å². The highest BCUT2D eigenvalue weighted by atomic mass is 16.5. The standard InChI is InChI=1S/C21H33NO2/c1-4-5-15-24-20-12-10-19(11-13-20)9-8-18(3)22-16-21(23)14-6-7-17(21)2/h4-5,10-13,17-18,22-23H,6-9,14-16H2,1-3H3/b5-4+. The Morgan fingerprint density at radius 1 is 1.38 bits per heavy atom. The first kappa shape index (κ1) is 19.0. The van der Waals surface area contributed by atoms with Gasteiger partial charge >= 0.3 is 0 Å². The van der Waals surface area contributed by atoms with Gasteiger partial charge in [-0.05, 0) is 63.1 Å².